The number of ether oxygens (including phenoxy) is 2. The maximum absolute atomic E-state index is 13.6. The van der Waals surface area contributed by atoms with Crippen LogP contribution in [0.5, 0.6) is 0 Å². The molecule has 0 aromatic heterocycles. The van der Waals surface area contributed by atoms with Crippen LogP contribution >= 0.6 is 0 Å². The molecule has 1 saturated heterocycles. The highest BCUT2D eigenvalue weighted by Gasteiger charge is 2.49. The Hall–Kier alpha value is -5.31. The van der Waals surface area contributed by atoms with Gasteiger partial charge in [0.1, 0.15) is 11.7 Å². The van der Waals surface area contributed by atoms with E-state index in [1.54, 1.807) is 6.08 Å². The number of aliphatic hydroxyl groups is 1. The van der Waals surface area contributed by atoms with E-state index < -0.39 is 11.9 Å². The fourth-order valence-electron chi connectivity index (χ4n) is 9.92. The molecule has 0 saturated carbocycles. The lowest BCUT2D eigenvalue weighted by Gasteiger charge is -2.20. The monoisotopic (exact) mass is 869 g/mol. The number of nitrogens with zero attached hydrogens (tertiary/aromatic N) is 3. The summed E-state index contributed by atoms with van der Waals surface area (Å²) in [5.74, 6) is -0.100. The Morgan fingerprint density at radius 2 is 1.45 bits per heavy atom. The average molecular weight is 869 g/mol. The second-order valence-electron chi connectivity index (χ2n) is 19.3. The van der Waals surface area contributed by atoms with Crippen molar-refractivity contribution in [2.45, 2.75) is 133 Å². The molecule has 64 heavy (non-hydrogen) atoms. The van der Waals surface area contributed by atoms with E-state index in [1.165, 1.54) is 57.6 Å². The van der Waals surface area contributed by atoms with Crippen LogP contribution in [0.4, 0.5) is 0 Å². The minimum absolute atomic E-state index is 0.103. The lowest BCUT2D eigenvalue weighted by atomic mass is 9.84. The van der Waals surface area contributed by atoms with Crippen LogP contribution in [0, 0.1) is 35.5 Å². The number of allylic oxidation sites excluding steroid dienone is 12. The standard InChI is InChI=1S/C55H72N4O5/c1-13-39-35(8)42-28-44-37(10)41(24-25-48(60)64-27-26-34(7)23-17-22-33(6)21-16-20-32(5)19-15-18-31(3)4)52(58-44)50-51(55(62)63-12)54(61)49-38(11)45(59-53(49)50)30-47-40(14-2)36(9)43(57-47)29-46(39)56-42/h13-14,23,28-33,37,41,51,58,61H,1-2,15-22,24-27H2,3-12H3/b34-23+,44-28?,46-29?,47-30?,52-50?/t32-,33+,37+,41+,51-/m1/s1. The van der Waals surface area contributed by atoms with E-state index in [0.717, 1.165) is 74.6 Å². The summed E-state index contributed by atoms with van der Waals surface area (Å²) in [4.78, 5) is 42.3. The smallest absolute Gasteiger partial charge is 0.321 e. The molecule has 0 radical (unpaired) electrons. The molecule has 9 nitrogen and oxygen atoms in total. The van der Waals surface area contributed by atoms with Gasteiger partial charge in [0.25, 0.3) is 0 Å². The Morgan fingerprint density at radius 3 is 2.08 bits per heavy atom. The quantitative estimate of drug-likeness (QED) is 0.0928. The van der Waals surface area contributed by atoms with Gasteiger partial charge in [-0.2, -0.15) is 0 Å². The molecule has 0 spiro atoms. The van der Waals surface area contributed by atoms with Gasteiger partial charge in [0.05, 0.1) is 47.9 Å². The Bertz CT molecular complexity index is 2330. The first-order valence-electron chi connectivity index (χ1n) is 23.7. The van der Waals surface area contributed by atoms with Crippen LogP contribution < -0.4 is 5.32 Å². The van der Waals surface area contributed by atoms with Gasteiger partial charge in [-0.15, -0.1) is 0 Å². The van der Waals surface area contributed by atoms with Crippen LogP contribution in [0.1, 0.15) is 133 Å². The summed E-state index contributed by atoms with van der Waals surface area (Å²) < 4.78 is 11.1. The third-order valence-electron chi connectivity index (χ3n) is 14.1. The molecule has 5 atom stereocenters. The molecule has 0 amide bonds. The van der Waals surface area contributed by atoms with Crippen LogP contribution in [-0.2, 0) is 19.1 Å². The molecule has 9 heteroatoms. The third kappa shape index (κ3) is 10.5. The number of hydrogen-bond donors (Lipinski definition) is 2. The van der Waals surface area contributed by atoms with Gasteiger partial charge in [0.15, 0.2) is 0 Å². The second kappa shape index (κ2) is 21.1. The van der Waals surface area contributed by atoms with Gasteiger partial charge in [-0.3, -0.25) is 9.59 Å². The first-order valence-corrected chi connectivity index (χ1v) is 23.7. The molecular formula is C55H72N4O5. The number of carbonyl (C=O) groups is 2. The van der Waals surface area contributed by atoms with Crippen LogP contribution in [0.2, 0.25) is 0 Å². The molecule has 1 fully saturated rings. The Labute approximate surface area is 382 Å². The zero-order chi connectivity index (χ0) is 46.4. The van der Waals surface area contributed by atoms with Crippen molar-refractivity contribution < 1.29 is 24.2 Å². The number of methoxy groups -OCH3 is 1. The lowest BCUT2D eigenvalue weighted by Crippen LogP contribution is -2.25. The summed E-state index contributed by atoms with van der Waals surface area (Å²) in [6, 6.07) is 0. The van der Waals surface area contributed by atoms with Gasteiger partial charge in [-0.05, 0) is 99.7 Å². The number of aliphatic imine (C=N–C) groups is 3. The predicted molar refractivity (Wildman–Crippen MR) is 262 cm³/mol. The number of esters is 2. The van der Waals surface area contributed by atoms with E-state index in [9.17, 15) is 14.7 Å². The third-order valence-corrected chi connectivity index (χ3v) is 14.1. The minimum Gasteiger partial charge on any atom is -0.510 e. The van der Waals surface area contributed by atoms with Gasteiger partial charge < -0.3 is 19.9 Å². The fourth-order valence-corrected chi connectivity index (χ4v) is 9.92. The van der Waals surface area contributed by atoms with Crippen molar-refractivity contribution >= 4 is 29.1 Å². The van der Waals surface area contributed by atoms with E-state index in [1.807, 2.05) is 45.1 Å². The zero-order valence-corrected chi connectivity index (χ0v) is 40.2. The molecule has 342 valence electrons. The molecular weight excluding hydrogens is 797 g/mol. The van der Waals surface area contributed by atoms with Crippen LogP contribution in [0.3, 0.4) is 0 Å². The normalized spacial score (nSPS) is 22.7. The van der Waals surface area contributed by atoms with Crippen LogP contribution in [0.15, 0.2) is 143 Å². The molecule has 8 bridgehead atoms. The van der Waals surface area contributed by atoms with Crippen molar-refractivity contribution in [1.82, 2.24) is 5.32 Å². The molecule has 5 heterocycles. The highest BCUT2D eigenvalue weighted by atomic mass is 16.5. The summed E-state index contributed by atoms with van der Waals surface area (Å²) in [5, 5.41) is 15.6. The summed E-state index contributed by atoms with van der Waals surface area (Å²) in [6.45, 7) is 28.1. The predicted octanol–water partition coefficient (Wildman–Crippen LogP) is 12.7. The van der Waals surface area contributed by atoms with Crippen LogP contribution in [-0.4, -0.2) is 47.9 Å². The van der Waals surface area contributed by atoms with E-state index in [-0.39, 0.29) is 30.0 Å². The largest absolute Gasteiger partial charge is 0.510 e. The fraction of sp³-hybridized carbons (Fsp3) is 0.509. The van der Waals surface area contributed by atoms with E-state index >= 15 is 0 Å². The maximum atomic E-state index is 13.6. The molecule has 1 aliphatic carbocycles. The molecule has 0 aromatic rings. The lowest BCUT2D eigenvalue weighted by molar-refractivity contribution is -0.144. The van der Waals surface area contributed by atoms with E-state index in [2.05, 4.69) is 66.1 Å². The van der Waals surface area contributed by atoms with Gasteiger partial charge in [-0.1, -0.05) is 110 Å². The summed E-state index contributed by atoms with van der Waals surface area (Å²) >= 11 is 0. The van der Waals surface area contributed by atoms with Gasteiger partial charge in [0, 0.05) is 58.4 Å². The number of fused-ring (bicyclic) bond motifs is 5. The molecule has 5 aliphatic heterocycles. The Balaban J connectivity index is 1.19. The van der Waals surface area contributed by atoms with E-state index in [4.69, 9.17) is 24.5 Å². The van der Waals surface area contributed by atoms with Crippen LogP contribution in [0.25, 0.3) is 0 Å². The first-order chi connectivity index (χ1) is 30.6. The minimum atomic E-state index is -1.09. The van der Waals surface area contributed by atoms with Crippen molar-refractivity contribution in [3.05, 3.63) is 128 Å². The Morgan fingerprint density at radius 1 is 0.844 bits per heavy atom. The van der Waals surface area contributed by atoms with Gasteiger partial charge in [0.2, 0.25) is 0 Å². The van der Waals surface area contributed by atoms with Gasteiger partial charge in [-0.25, -0.2) is 15.0 Å². The Kier molecular flexibility index (Phi) is 15.9. The van der Waals surface area contributed by atoms with Gasteiger partial charge >= 0.3 is 11.9 Å². The van der Waals surface area contributed by atoms with Crippen molar-refractivity contribution in [3.8, 4) is 0 Å². The number of rotatable bonds is 20. The number of carbonyl (C=O) groups excluding carboxylic acids is 2. The molecule has 0 aromatic carbocycles. The summed E-state index contributed by atoms with van der Waals surface area (Å²) in [6.07, 6.45) is 23.3. The summed E-state index contributed by atoms with van der Waals surface area (Å²) in [5.41, 5.74) is 12.5. The second-order valence-corrected chi connectivity index (χ2v) is 19.3. The van der Waals surface area contributed by atoms with Crippen molar-refractivity contribution in [1.29, 1.82) is 0 Å². The molecule has 6 aliphatic rings. The zero-order valence-electron chi connectivity index (χ0n) is 40.2. The van der Waals surface area contributed by atoms with Crippen molar-refractivity contribution in [2.75, 3.05) is 13.7 Å². The van der Waals surface area contributed by atoms with E-state index in [0.29, 0.717) is 53.6 Å². The average Bonchev–Trinajstić information content (AvgIpc) is 3.99. The first kappa shape index (κ1) is 48.2. The highest BCUT2D eigenvalue weighted by Crippen LogP contribution is 2.49. The molecule has 2 N–H and O–H groups in total. The van der Waals surface area contributed by atoms with Crippen molar-refractivity contribution in [2.24, 2.45) is 50.5 Å². The number of hydrogen-bond acceptors (Lipinski definition) is 9. The topological polar surface area (TPSA) is 122 Å². The van der Waals surface area contributed by atoms with Crippen molar-refractivity contribution in [3.63, 3.8) is 0 Å². The molecule has 6 rings (SSSR count). The number of nitrogens with one attached hydrogen (secondary N) is 1. The molecule has 0 unspecified atom stereocenters. The number of aliphatic hydroxyl groups excluding tert-OH is 1. The summed E-state index contributed by atoms with van der Waals surface area (Å²) in [7, 11) is 1.33. The highest BCUT2D eigenvalue weighted by molar-refractivity contribution is 6.24. The maximum Gasteiger partial charge on any atom is 0.321 e. The SMILES string of the molecule is C=CC1=C(C)C2=NC1=CC1=C(C)C3=C(O)[C@H](C(=O)OC)C(=C4NC(=CC5=NC(=C2)C(C=C)=C5C)[C@@H](C)[C@@H]4CCC(=O)OCC/C(C)=C/CC[C@@H](C)CCC[C@H](C)CCCC(C)C)C3=N1.